The smallest absolute Gasteiger partial charge is 0.213 e. The molecule has 108 valence electrons. The Bertz CT molecular complexity index is 364. The van der Waals surface area contributed by atoms with E-state index in [4.69, 9.17) is 0 Å². The maximum atomic E-state index is 12.1. The minimum absolute atomic E-state index is 0.0121. The number of rotatable bonds is 5. The fourth-order valence-corrected chi connectivity index (χ4v) is 3.91. The van der Waals surface area contributed by atoms with Crippen molar-refractivity contribution in [2.45, 2.75) is 58.5 Å². The van der Waals surface area contributed by atoms with Crippen LogP contribution in [-0.4, -0.2) is 42.8 Å². The molecular weight excluding hydrogens is 250 g/mol. The van der Waals surface area contributed by atoms with Gasteiger partial charge in [-0.05, 0) is 24.7 Å². The van der Waals surface area contributed by atoms with Crippen molar-refractivity contribution in [2.75, 3.05) is 19.3 Å². The Morgan fingerprint density at radius 2 is 1.72 bits per heavy atom. The van der Waals surface area contributed by atoms with Crippen LogP contribution in [0.15, 0.2) is 0 Å². The Hall–Kier alpha value is -0.130. The van der Waals surface area contributed by atoms with Gasteiger partial charge in [-0.15, -0.1) is 0 Å². The molecule has 0 amide bonds. The molecule has 0 spiro atoms. The molecule has 18 heavy (non-hydrogen) atoms. The maximum absolute atomic E-state index is 12.1. The lowest BCUT2D eigenvalue weighted by Gasteiger charge is -2.29. The summed E-state index contributed by atoms with van der Waals surface area (Å²) in [7, 11) is -1.67. The van der Waals surface area contributed by atoms with E-state index in [0.717, 1.165) is 12.8 Å². The fourth-order valence-electron chi connectivity index (χ4n) is 2.30. The molecule has 0 aliphatic heterocycles. The molecule has 0 radical (unpaired) electrons. The van der Waals surface area contributed by atoms with Gasteiger partial charge in [0, 0.05) is 13.6 Å². The molecule has 0 bridgehead atoms. The van der Waals surface area contributed by atoms with Gasteiger partial charge in [-0.2, -0.15) is 0 Å². The average molecular weight is 277 g/mol. The number of hydrogen-bond donors (Lipinski definition) is 1. The summed E-state index contributed by atoms with van der Waals surface area (Å²) >= 11 is 0. The predicted molar refractivity (Wildman–Crippen MR) is 73.9 cm³/mol. The van der Waals surface area contributed by atoms with Crippen LogP contribution in [0.4, 0.5) is 0 Å². The second-order valence-corrected chi connectivity index (χ2v) is 9.01. The molecule has 1 aliphatic carbocycles. The van der Waals surface area contributed by atoms with Gasteiger partial charge in [0.05, 0.1) is 11.4 Å². The first-order valence-electron chi connectivity index (χ1n) is 6.71. The molecule has 4 nitrogen and oxygen atoms in total. The zero-order valence-electron chi connectivity index (χ0n) is 12.1. The van der Waals surface area contributed by atoms with Crippen LogP contribution in [-0.2, 0) is 10.0 Å². The lowest BCUT2D eigenvalue weighted by atomic mass is 9.94. The molecule has 0 aromatic carbocycles. The van der Waals surface area contributed by atoms with Crippen molar-refractivity contribution in [3.05, 3.63) is 0 Å². The first kappa shape index (κ1) is 15.9. The summed E-state index contributed by atoms with van der Waals surface area (Å²) in [5, 5.41) is 10.2. The van der Waals surface area contributed by atoms with Crippen molar-refractivity contribution < 1.29 is 13.5 Å². The number of likely N-dealkylation sites (N-methyl/N-ethyl adjacent to an activating group) is 1. The Kier molecular flexibility index (Phi) is 4.84. The highest BCUT2D eigenvalue weighted by molar-refractivity contribution is 7.89. The molecule has 0 saturated heterocycles. The Balaban J connectivity index is 2.56. The van der Waals surface area contributed by atoms with Gasteiger partial charge in [-0.25, -0.2) is 12.7 Å². The third kappa shape index (κ3) is 4.86. The summed E-state index contributed by atoms with van der Waals surface area (Å²) < 4.78 is 25.6. The molecular formula is C13H27NO3S. The maximum Gasteiger partial charge on any atom is 0.213 e. The van der Waals surface area contributed by atoms with Crippen molar-refractivity contribution in [3.63, 3.8) is 0 Å². The van der Waals surface area contributed by atoms with E-state index in [-0.39, 0.29) is 17.7 Å². The minimum Gasteiger partial charge on any atom is -0.389 e. The van der Waals surface area contributed by atoms with Crippen LogP contribution < -0.4 is 0 Å². The second-order valence-electron chi connectivity index (χ2n) is 6.81. The third-order valence-electron chi connectivity index (χ3n) is 3.64. The van der Waals surface area contributed by atoms with Gasteiger partial charge in [0.1, 0.15) is 0 Å². The van der Waals surface area contributed by atoms with Gasteiger partial charge in [0.15, 0.2) is 0 Å². The molecule has 1 aliphatic rings. The van der Waals surface area contributed by atoms with Crippen LogP contribution >= 0.6 is 0 Å². The number of aliphatic hydroxyl groups is 1. The van der Waals surface area contributed by atoms with E-state index in [1.807, 2.05) is 20.8 Å². The Morgan fingerprint density at radius 1 is 1.22 bits per heavy atom. The van der Waals surface area contributed by atoms with Crippen LogP contribution in [0.1, 0.15) is 52.9 Å². The highest BCUT2D eigenvalue weighted by Crippen LogP contribution is 2.30. The van der Waals surface area contributed by atoms with Gasteiger partial charge in [0.2, 0.25) is 10.0 Å². The normalized spacial score (nSPS) is 20.6. The average Bonchev–Trinajstić information content (AvgIpc) is 2.61. The summed E-state index contributed by atoms with van der Waals surface area (Å²) in [5.74, 6) is 0.156. The quantitative estimate of drug-likeness (QED) is 0.836. The van der Waals surface area contributed by atoms with Crippen LogP contribution in [0.5, 0.6) is 0 Å². The van der Waals surface area contributed by atoms with Gasteiger partial charge >= 0.3 is 0 Å². The summed E-state index contributed by atoms with van der Waals surface area (Å²) in [4.78, 5) is 0. The van der Waals surface area contributed by atoms with Gasteiger partial charge in [-0.3, -0.25) is 0 Å². The van der Waals surface area contributed by atoms with Crippen molar-refractivity contribution in [1.82, 2.24) is 4.31 Å². The van der Waals surface area contributed by atoms with Crippen molar-refractivity contribution in [3.8, 4) is 0 Å². The molecule has 0 atom stereocenters. The van der Waals surface area contributed by atoms with Gasteiger partial charge in [-0.1, -0.05) is 33.6 Å². The van der Waals surface area contributed by atoms with Gasteiger partial charge < -0.3 is 5.11 Å². The molecule has 1 rings (SSSR count). The zero-order valence-corrected chi connectivity index (χ0v) is 12.9. The van der Waals surface area contributed by atoms with Gasteiger partial charge in [0.25, 0.3) is 0 Å². The standard InChI is InChI=1S/C13H27NO3S/c1-12(2,3)9-10-18(16,17)14(4)11-13(15)7-5-6-8-13/h15H,5-11H2,1-4H3. The Labute approximate surface area is 111 Å². The van der Waals surface area contributed by atoms with E-state index in [2.05, 4.69) is 0 Å². The topological polar surface area (TPSA) is 57.6 Å². The molecule has 0 unspecified atom stereocenters. The predicted octanol–water partition coefficient (Wildman–Crippen LogP) is 1.99. The summed E-state index contributed by atoms with van der Waals surface area (Å²) in [6.07, 6.45) is 4.05. The van der Waals surface area contributed by atoms with E-state index in [1.165, 1.54) is 4.31 Å². The largest absolute Gasteiger partial charge is 0.389 e. The molecule has 1 N–H and O–H groups in total. The number of nitrogens with zero attached hydrogens (tertiary/aromatic N) is 1. The highest BCUT2D eigenvalue weighted by Gasteiger charge is 2.35. The van der Waals surface area contributed by atoms with E-state index >= 15 is 0 Å². The third-order valence-corrected chi connectivity index (χ3v) is 5.43. The van der Waals surface area contributed by atoms with Crippen molar-refractivity contribution in [1.29, 1.82) is 0 Å². The molecule has 0 heterocycles. The lowest BCUT2D eigenvalue weighted by molar-refractivity contribution is 0.0333. The minimum atomic E-state index is -3.25. The van der Waals surface area contributed by atoms with Crippen molar-refractivity contribution in [2.24, 2.45) is 5.41 Å². The molecule has 1 saturated carbocycles. The first-order chi connectivity index (χ1) is 8.04. The van der Waals surface area contributed by atoms with E-state index in [9.17, 15) is 13.5 Å². The number of sulfonamides is 1. The number of hydrogen-bond acceptors (Lipinski definition) is 3. The van der Waals surface area contributed by atoms with Crippen LogP contribution in [0.3, 0.4) is 0 Å². The second kappa shape index (κ2) is 5.47. The summed E-state index contributed by atoms with van der Waals surface area (Å²) in [6.45, 7) is 6.34. The first-order valence-corrected chi connectivity index (χ1v) is 8.32. The van der Waals surface area contributed by atoms with E-state index < -0.39 is 15.6 Å². The highest BCUT2D eigenvalue weighted by atomic mass is 32.2. The SMILES string of the molecule is CN(CC1(O)CCCC1)S(=O)(=O)CCC(C)(C)C. The van der Waals surface area contributed by atoms with Crippen LogP contribution in [0.2, 0.25) is 0 Å². The molecule has 0 aromatic heterocycles. The monoisotopic (exact) mass is 277 g/mol. The Morgan fingerprint density at radius 3 is 2.17 bits per heavy atom. The molecule has 0 aromatic rings. The lowest BCUT2D eigenvalue weighted by Crippen LogP contribution is -2.43. The fraction of sp³-hybridized carbons (Fsp3) is 1.00. The van der Waals surface area contributed by atoms with E-state index in [1.54, 1.807) is 7.05 Å². The zero-order chi connectivity index (χ0) is 14.0. The van der Waals surface area contributed by atoms with Crippen molar-refractivity contribution >= 4 is 10.0 Å². The van der Waals surface area contributed by atoms with E-state index in [0.29, 0.717) is 19.3 Å². The molecule has 5 heteroatoms. The summed E-state index contributed by atoms with van der Waals surface area (Å²) in [6, 6.07) is 0. The van der Waals surface area contributed by atoms with Crippen LogP contribution in [0.25, 0.3) is 0 Å². The van der Waals surface area contributed by atoms with Crippen LogP contribution in [0, 0.1) is 5.41 Å². The molecule has 1 fully saturated rings. The summed E-state index contributed by atoms with van der Waals surface area (Å²) in [5.41, 5.74) is -0.790.